The average Bonchev–Trinajstić information content (AvgIpc) is 3.38. The molecule has 39 heavy (non-hydrogen) atoms. The van der Waals surface area contributed by atoms with Crippen LogP contribution in [-0.2, 0) is 0 Å². The molecule has 0 saturated heterocycles. The Morgan fingerprint density at radius 1 is 0.692 bits per heavy atom. The molecule has 1 aliphatic carbocycles. The highest BCUT2D eigenvalue weighted by molar-refractivity contribution is 6.09. The van der Waals surface area contributed by atoms with Crippen LogP contribution in [0.3, 0.4) is 0 Å². The lowest BCUT2D eigenvalue weighted by Gasteiger charge is -2.17. The molecule has 4 nitrogen and oxygen atoms in total. The summed E-state index contributed by atoms with van der Waals surface area (Å²) in [4.78, 5) is 0. The molecule has 2 heterocycles. The van der Waals surface area contributed by atoms with E-state index in [0.29, 0.717) is 11.1 Å². The van der Waals surface area contributed by atoms with E-state index in [9.17, 15) is 10.5 Å². The van der Waals surface area contributed by atoms with E-state index in [-0.39, 0.29) is 5.92 Å². The summed E-state index contributed by atoms with van der Waals surface area (Å²) in [5, 5.41) is 25.6. The number of hydrogen-bond donors (Lipinski definition) is 0. The second kappa shape index (κ2) is 8.77. The summed E-state index contributed by atoms with van der Waals surface area (Å²) in [5.41, 5.74) is 5.48. The lowest BCUT2D eigenvalue weighted by atomic mass is 10.1. The van der Waals surface area contributed by atoms with E-state index < -0.39 is 0 Å². The Labute approximate surface area is 225 Å². The predicted octanol–water partition coefficient (Wildman–Crippen LogP) is 6.40. The van der Waals surface area contributed by atoms with E-state index in [1.54, 1.807) is 0 Å². The molecule has 0 saturated carbocycles. The first kappa shape index (κ1) is 22.6. The number of para-hydroxylation sites is 3. The third-order valence-electron chi connectivity index (χ3n) is 7.59. The highest BCUT2D eigenvalue weighted by Crippen LogP contribution is 2.35. The smallest absolute Gasteiger partial charge is 0.101 e. The van der Waals surface area contributed by atoms with Crippen molar-refractivity contribution in [2.75, 3.05) is 0 Å². The summed E-state index contributed by atoms with van der Waals surface area (Å²) >= 11 is 0. The molecule has 4 aromatic carbocycles. The maximum atomic E-state index is 10.1. The van der Waals surface area contributed by atoms with Crippen molar-refractivity contribution in [3.05, 3.63) is 131 Å². The zero-order valence-electron chi connectivity index (χ0n) is 21.0. The van der Waals surface area contributed by atoms with Gasteiger partial charge in [0, 0.05) is 27.3 Å². The molecule has 0 N–H and O–H groups in total. The number of hydrogen-bond acceptors (Lipinski definition) is 2. The first-order valence-electron chi connectivity index (χ1n) is 12.8. The van der Waals surface area contributed by atoms with Gasteiger partial charge in [-0.05, 0) is 36.4 Å². The number of rotatable bonds is 3. The summed E-state index contributed by atoms with van der Waals surface area (Å²) in [6.45, 7) is 4.04. The minimum absolute atomic E-state index is 0.0519. The lowest BCUT2D eigenvalue weighted by molar-refractivity contribution is 1.01. The van der Waals surface area contributed by atoms with Gasteiger partial charge in [-0.3, -0.25) is 0 Å². The molecule has 0 amide bonds. The minimum Gasteiger partial charge on any atom is -0.307 e. The highest BCUT2D eigenvalue weighted by atomic mass is 15.1. The van der Waals surface area contributed by atoms with Crippen LogP contribution in [0.4, 0.5) is 0 Å². The van der Waals surface area contributed by atoms with Crippen LogP contribution >= 0.6 is 0 Å². The van der Waals surface area contributed by atoms with Crippen LogP contribution in [0.25, 0.3) is 56.2 Å². The topological polar surface area (TPSA) is 57.4 Å². The van der Waals surface area contributed by atoms with Gasteiger partial charge in [0.1, 0.15) is 12.1 Å². The van der Waals surface area contributed by atoms with Gasteiger partial charge in [-0.2, -0.15) is 10.5 Å². The number of nitrogens with zero attached hydrogens (tertiary/aromatic N) is 4. The normalized spacial score (nSPS) is 14.3. The number of aromatic nitrogens is 2. The van der Waals surface area contributed by atoms with Crippen LogP contribution < -0.4 is 10.6 Å². The molecule has 1 unspecified atom stereocenters. The van der Waals surface area contributed by atoms with Crippen molar-refractivity contribution in [1.82, 2.24) is 9.13 Å². The molecule has 6 aromatic rings. The van der Waals surface area contributed by atoms with Crippen molar-refractivity contribution in [2.24, 2.45) is 5.92 Å². The van der Waals surface area contributed by atoms with Gasteiger partial charge in [-0.15, -0.1) is 6.58 Å². The summed E-state index contributed by atoms with van der Waals surface area (Å²) in [6.07, 6.45) is 10.5. The molecule has 7 rings (SSSR count). The molecule has 4 heteroatoms. The molecule has 0 aliphatic heterocycles. The van der Waals surface area contributed by atoms with Gasteiger partial charge in [-0.25, -0.2) is 0 Å². The van der Waals surface area contributed by atoms with Crippen LogP contribution in [0.2, 0.25) is 0 Å². The van der Waals surface area contributed by atoms with Crippen molar-refractivity contribution in [2.45, 2.75) is 0 Å². The zero-order chi connectivity index (χ0) is 26.5. The second-order valence-corrected chi connectivity index (χ2v) is 9.66. The molecule has 2 aromatic heterocycles. The van der Waals surface area contributed by atoms with Gasteiger partial charge in [0.25, 0.3) is 0 Å². The lowest BCUT2D eigenvalue weighted by Crippen LogP contribution is -2.29. The molecular formula is C35H22N4. The highest BCUT2D eigenvalue weighted by Gasteiger charge is 2.21. The van der Waals surface area contributed by atoms with Crippen molar-refractivity contribution < 1.29 is 0 Å². The van der Waals surface area contributed by atoms with Gasteiger partial charge >= 0.3 is 0 Å². The van der Waals surface area contributed by atoms with Gasteiger partial charge in [-0.1, -0.05) is 78.9 Å². The summed E-state index contributed by atoms with van der Waals surface area (Å²) in [7, 11) is 0. The largest absolute Gasteiger partial charge is 0.307 e. The third kappa shape index (κ3) is 3.29. The molecule has 0 fully saturated rings. The Hall–Kier alpha value is -5.58. The van der Waals surface area contributed by atoms with Crippen LogP contribution in [0.5, 0.6) is 0 Å². The number of allylic oxidation sites excluding steroid dienone is 3. The average molecular weight is 499 g/mol. The Balaban J connectivity index is 1.72. The Kier molecular flexibility index (Phi) is 5.08. The molecule has 1 aliphatic rings. The van der Waals surface area contributed by atoms with Crippen molar-refractivity contribution in [3.63, 3.8) is 0 Å². The minimum atomic E-state index is 0.0519. The summed E-state index contributed by atoms with van der Waals surface area (Å²) in [5.74, 6) is 0.0519. The number of nitriles is 2. The van der Waals surface area contributed by atoms with Crippen molar-refractivity contribution >= 4 is 44.9 Å². The molecular weight excluding hydrogens is 476 g/mol. The van der Waals surface area contributed by atoms with Crippen LogP contribution in [0.1, 0.15) is 11.1 Å². The van der Waals surface area contributed by atoms with E-state index in [1.807, 2.05) is 54.6 Å². The molecule has 0 radical (unpaired) electrons. The van der Waals surface area contributed by atoms with Gasteiger partial charge in [0.2, 0.25) is 0 Å². The second-order valence-electron chi connectivity index (χ2n) is 9.66. The van der Waals surface area contributed by atoms with Crippen LogP contribution in [-0.4, -0.2) is 9.13 Å². The third-order valence-corrected chi connectivity index (χ3v) is 7.59. The number of benzene rings is 4. The Bertz CT molecular complexity index is 2170. The van der Waals surface area contributed by atoms with E-state index in [2.05, 4.69) is 88.6 Å². The predicted molar refractivity (Wildman–Crippen MR) is 158 cm³/mol. The SMILES string of the molecule is C=CC1C=CC=c2c(n(-c3cc(C#N)c(C#N)cc3-n3c4ccccc4c4ccccc43)c3ccccc23)=C1. The molecule has 0 bridgehead atoms. The fourth-order valence-electron chi connectivity index (χ4n) is 5.85. The van der Waals surface area contributed by atoms with E-state index in [4.69, 9.17) is 0 Å². The van der Waals surface area contributed by atoms with Gasteiger partial charge in [0.15, 0.2) is 0 Å². The number of fused-ring (bicyclic) bond motifs is 6. The van der Waals surface area contributed by atoms with Crippen molar-refractivity contribution in [3.8, 4) is 23.5 Å². The van der Waals surface area contributed by atoms with Crippen LogP contribution in [0, 0.1) is 28.6 Å². The van der Waals surface area contributed by atoms with Gasteiger partial charge < -0.3 is 9.13 Å². The zero-order valence-corrected chi connectivity index (χ0v) is 21.0. The summed E-state index contributed by atoms with van der Waals surface area (Å²) < 4.78 is 4.44. The van der Waals surface area contributed by atoms with E-state index >= 15 is 0 Å². The summed E-state index contributed by atoms with van der Waals surface area (Å²) in [6, 6.07) is 33.2. The molecule has 1 atom stereocenters. The van der Waals surface area contributed by atoms with Gasteiger partial charge in [0.05, 0.1) is 44.4 Å². The quantitative estimate of drug-likeness (QED) is 0.265. The van der Waals surface area contributed by atoms with E-state index in [1.165, 1.54) is 0 Å². The first-order chi connectivity index (χ1) is 19.2. The van der Waals surface area contributed by atoms with E-state index in [0.717, 1.165) is 54.7 Å². The maximum Gasteiger partial charge on any atom is 0.101 e. The maximum absolute atomic E-state index is 10.1. The van der Waals surface area contributed by atoms with Crippen LogP contribution in [0.15, 0.2) is 110 Å². The van der Waals surface area contributed by atoms with Crippen molar-refractivity contribution in [1.29, 1.82) is 10.5 Å². The fourth-order valence-corrected chi connectivity index (χ4v) is 5.85. The standard InChI is InChI=1S/C35H22N4/c1-2-23-10-9-14-29-28-13-5-8-17-32(28)39(33(29)18-23)35-20-25(22-37)24(21-36)19-34(35)38-30-15-6-3-11-26(30)27-12-4-7-16-31(27)38/h2-20,23H,1H2. The monoisotopic (exact) mass is 498 g/mol. The first-order valence-corrected chi connectivity index (χ1v) is 12.8. The molecule has 0 spiro atoms. The Morgan fingerprint density at radius 3 is 1.77 bits per heavy atom. The Morgan fingerprint density at radius 2 is 1.21 bits per heavy atom. The fraction of sp³-hybridized carbons (Fsp3) is 0.0286. The molecule has 182 valence electrons.